The first kappa shape index (κ1) is 22.6. The van der Waals surface area contributed by atoms with E-state index in [2.05, 4.69) is 146 Å². The molecule has 0 amide bonds. The van der Waals surface area contributed by atoms with Crippen LogP contribution in [0.15, 0.2) is 132 Å². The van der Waals surface area contributed by atoms with Crippen molar-refractivity contribution in [1.29, 1.82) is 0 Å². The van der Waals surface area contributed by atoms with Crippen LogP contribution in [0.4, 0.5) is 0 Å². The highest BCUT2D eigenvalue weighted by Crippen LogP contribution is 2.46. The van der Waals surface area contributed by atoms with Gasteiger partial charge in [-0.1, -0.05) is 115 Å². The largest absolute Gasteiger partial charge is 0.223 e. The van der Waals surface area contributed by atoms with E-state index in [0.717, 1.165) is 0 Å². The topological polar surface area (TPSA) is 0 Å². The molecule has 0 bridgehead atoms. The summed E-state index contributed by atoms with van der Waals surface area (Å²) >= 11 is 0. The first-order valence-electron chi connectivity index (χ1n) is 12.4. The van der Waals surface area contributed by atoms with Gasteiger partial charge in [0.2, 0.25) is 0 Å². The van der Waals surface area contributed by atoms with Gasteiger partial charge in [-0.3, -0.25) is 0 Å². The third-order valence-corrected chi connectivity index (χ3v) is 8.75. The molecule has 6 aromatic carbocycles. The molecule has 0 saturated heterocycles. The van der Waals surface area contributed by atoms with E-state index < -0.39 is 10.0 Å². The fourth-order valence-corrected chi connectivity index (χ4v) is 6.19. The normalized spacial score (nSPS) is 12.2. The Bertz CT molecular complexity index is 1610. The first-order valence-corrected chi connectivity index (χ1v) is 15.2. The maximum absolute atomic E-state index is 2.34. The van der Waals surface area contributed by atoms with Gasteiger partial charge < -0.3 is 0 Å². The molecule has 0 heterocycles. The fourth-order valence-electron chi connectivity index (χ4n) is 5.24. The molecule has 176 valence electrons. The zero-order valence-electron chi connectivity index (χ0n) is 21.0. The summed E-state index contributed by atoms with van der Waals surface area (Å²) in [4.78, 5) is 1.44. The number of hydrogen-bond donors (Lipinski definition) is 0. The second-order valence-corrected chi connectivity index (χ2v) is 14.3. The van der Waals surface area contributed by atoms with Gasteiger partial charge in [-0.05, 0) is 90.7 Å². The highest BCUT2D eigenvalue weighted by atomic mass is 32.3. The van der Waals surface area contributed by atoms with Gasteiger partial charge in [0.05, 0.1) is 0 Å². The van der Waals surface area contributed by atoms with Crippen LogP contribution in [0, 0.1) is 0 Å². The molecule has 0 nitrogen and oxygen atoms in total. The van der Waals surface area contributed by atoms with Gasteiger partial charge in [-0.15, -0.1) is 0 Å². The van der Waals surface area contributed by atoms with E-state index in [1.165, 1.54) is 59.8 Å². The lowest BCUT2D eigenvalue weighted by atomic mass is 9.86. The quantitative estimate of drug-likeness (QED) is 0.219. The summed E-state index contributed by atoms with van der Waals surface area (Å²) in [5, 5.41) is 5.17. The summed E-state index contributed by atoms with van der Waals surface area (Å²) in [5.41, 5.74) is 7.64. The van der Waals surface area contributed by atoms with Crippen molar-refractivity contribution in [2.75, 3.05) is 18.8 Å². The van der Waals surface area contributed by atoms with Gasteiger partial charge in [-0.2, -0.15) is 0 Å². The highest BCUT2D eigenvalue weighted by Gasteiger charge is 2.16. The van der Waals surface area contributed by atoms with Gasteiger partial charge in [0.25, 0.3) is 0 Å². The highest BCUT2D eigenvalue weighted by molar-refractivity contribution is 8.32. The smallest absolute Gasteiger partial charge is 0.00264 e. The fraction of sp³-hybridized carbons (Fsp3) is 0.0857. The molecule has 0 atom stereocenters. The van der Waals surface area contributed by atoms with Crippen LogP contribution in [0.1, 0.15) is 0 Å². The maximum Gasteiger partial charge on any atom is -0.00264 e. The summed E-state index contributed by atoms with van der Waals surface area (Å²) < 4.78 is 0. The Morgan fingerprint density at radius 2 is 0.667 bits per heavy atom. The summed E-state index contributed by atoms with van der Waals surface area (Å²) in [7, 11) is -0.710. The van der Waals surface area contributed by atoms with Crippen LogP contribution in [0.25, 0.3) is 54.9 Å². The molecule has 36 heavy (non-hydrogen) atoms. The Morgan fingerprint density at radius 1 is 0.333 bits per heavy atom. The van der Waals surface area contributed by atoms with Crippen molar-refractivity contribution in [3.05, 3.63) is 127 Å². The summed E-state index contributed by atoms with van der Waals surface area (Å²) in [6.45, 7) is 0. The molecule has 0 unspecified atom stereocenters. The molecular weight excluding hydrogens is 452 g/mol. The van der Waals surface area contributed by atoms with Crippen LogP contribution in [-0.2, 0) is 0 Å². The molecule has 1 heteroatoms. The van der Waals surface area contributed by atoms with Crippen LogP contribution in [0.5, 0.6) is 0 Å². The van der Waals surface area contributed by atoms with Gasteiger partial charge in [0.1, 0.15) is 0 Å². The van der Waals surface area contributed by atoms with Crippen LogP contribution >= 0.6 is 10.0 Å². The summed E-state index contributed by atoms with van der Waals surface area (Å²) in [6, 6.07) is 46.7. The SMILES string of the molecule is CS(C)(C)c1ccc(-c2ccc(-c3c4ccccc4c(-c4ccccc4)c4ccccc34)cc2)cc1. The third kappa shape index (κ3) is 4.00. The Kier molecular flexibility index (Phi) is 5.66. The molecule has 0 saturated carbocycles. The molecule has 0 N–H and O–H groups in total. The maximum atomic E-state index is 2.34. The number of hydrogen-bond acceptors (Lipinski definition) is 0. The van der Waals surface area contributed by atoms with Crippen molar-refractivity contribution in [1.82, 2.24) is 0 Å². The number of rotatable bonds is 4. The Labute approximate surface area is 215 Å². The first-order chi connectivity index (χ1) is 17.5. The van der Waals surface area contributed by atoms with E-state index in [4.69, 9.17) is 0 Å². The van der Waals surface area contributed by atoms with Gasteiger partial charge in [-0.25, -0.2) is 10.0 Å². The average molecular weight is 483 g/mol. The van der Waals surface area contributed by atoms with Crippen molar-refractivity contribution in [3.8, 4) is 33.4 Å². The Hall–Kier alpha value is -3.81. The monoisotopic (exact) mass is 482 g/mol. The summed E-state index contributed by atoms with van der Waals surface area (Å²) in [5.74, 6) is 0. The predicted octanol–water partition coefficient (Wildman–Crippen LogP) is 10.0. The lowest BCUT2D eigenvalue weighted by Gasteiger charge is -2.25. The zero-order valence-corrected chi connectivity index (χ0v) is 21.8. The standard InChI is InChI=1S/C35H30S/c1-36(2,3)29-23-21-26(22-24-29)25-17-19-28(20-18-25)35-32-15-9-7-13-30(32)34(27-11-5-4-6-12-27)31-14-8-10-16-33(31)35/h4-24H,1-3H3. The molecule has 0 fully saturated rings. The number of benzene rings is 6. The molecule has 0 aliphatic rings. The van der Waals surface area contributed by atoms with Crippen molar-refractivity contribution in [2.45, 2.75) is 4.90 Å². The van der Waals surface area contributed by atoms with Gasteiger partial charge in [0, 0.05) is 0 Å². The second-order valence-electron chi connectivity index (χ2n) is 10.1. The lowest BCUT2D eigenvalue weighted by molar-refractivity contribution is 1.43. The van der Waals surface area contributed by atoms with E-state index in [0.29, 0.717) is 0 Å². The van der Waals surface area contributed by atoms with E-state index in [1.807, 2.05) is 0 Å². The number of fused-ring (bicyclic) bond motifs is 2. The molecule has 0 spiro atoms. The molecule has 0 aromatic heterocycles. The second kappa shape index (κ2) is 9.00. The van der Waals surface area contributed by atoms with E-state index >= 15 is 0 Å². The Balaban J connectivity index is 1.53. The van der Waals surface area contributed by atoms with Crippen molar-refractivity contribution >= 4 is 31.6 Å². The zero-order chi connectivity index (χ0) is 24.7. The molecule has 6 rings (SSSR count). The van der Waals surface area contributed by atoms with E-state index in [-0.39, 0.29) is 0 Å². The van der Waals surface area contributed by atoms with Crippen LogP contribution in [-0.4, -0.2) is 18.8 Å². The Morgan fingerprint density at radius 3 is 1.08 bits per heavy atom. The molecule has 0 radical (unpaired) electrons. The molecular formula is C35H30S. The van der Waals surface area contributed by atoms with E-state index in [9.17, 15) is 0 Å². The summed E-state index contributed by atoms with van der Waals surface area (Å²) in [6.07, 6.45) is 7.03. The minimum absolute atomic E-state index is 0.710. The average Bonchev–Trinajstić information content (AvgIpc) is 2.92. The van der Waals surface area contributed by atoms with Gasteiger partial charge in [0.15, 0.2) is 0 Å². The lowest BCUT2D eigenvalue weighted by Crippen LogP contribution is -1.92. The minimum Gasteiger partial charge on any atom is -0.223 e. The van der Waals surface area contributed by atoms with Gasteiger partial charge >= 0.3 is 0 Å². The van der Waals surface area contributed by atoms with E-state index in [1.54, 1.807) is 0 Å². The molecule has 6 aromatic rings. The molecule has 0 aliphatic heterocycles. The minimum atomic E-state index is -0.710. The van der Waals surface area contributed by atoms with Crippen molar-refractivity contribution in [2.24, 2.45) is 0 Å². The predicted molar refractivity (Wildman–Crippen MR) is 161 cm³/mol. The van der Waals surface area contributed by atoms with Crippen LogP contribution in [0.2, 0.25) is 0 Å². The van der Waals surface area contributed by atoms with Crippen LogP contribution < -0.4 is 0 Å². The third-order valence-electron chi connectivity index (χ3n) is 7.06. The molecule has 0 aliphatic carbocycles. The van der Waals surface area contributed by atoms with Crippen molar-refractivity contribution < 1.29 is 0 Å². The van der Waals surface area contributed by atoms with Crippen LogP contribution in [0.3, 0.4) is 0 Å². The van der Waals surface area contributed by atoms with Crippen molar-refractivity contribution in [3.63, 3.8) is 0 Å².